The molecule has 10 heavy (non-hydrogen) atoms. The highest BCUT2D eigenvalue weighted by Gasteiger charge is 2.24. The molecule has 0 amide bonds. The van der Waals surface area contributed by atoms with Gasteiger partial charge in [0.05, 0.1) is 6.10 Å². The van der Waals surface area contributed by atoms with Crippen LogP contribution < -0.4 is 0 Å². The summed E-state index contributed by atoms with van der Waals surface area (Å²) in [6, 6.07) is 0. The summed E-state index contributed by atoms with van der Waals surface area (Å²) < 4.78 is 5.63. The lowest BCUT2D eigenvalue weighted by molar-refractivity contribution is -0.0181. The Morgan fingerprint density at radius 3 is 3.20 bits per heavy atom. The second-order valence-corrected chi connectivity index (χ2v) is 3.22. The number of fused-ring (bicyclic) bond motifs is 1. The van der Waals surface area contributed by atoms with Crippen molar-refractivity contribution in [1.29, 1.82) is 0 Å². The quantitative estimate of drug-likeness (QED) is 0.466. The van der Waals surface area contributed by atoms with Crippen molar-refractivity contribution in [2.75, 3.05) is 6.61 Å². The minimum absolute atomic E-state index is 0.568. The highest BCUT2D eigenvalue weighted by atomic mass is 16.5. The van der Waals surface area contributed by atoms with Crippen LogP contribution in [0.15, 0.2) is 12.2 Å². The maximum absolute atomic E-state index is 5.63. The fraction of sp³-hybridized carbons (Fsp3) is 0.778. The average molecular weight is 138 g/mol. The molecule has 1 saturated heterocycles. The molecule has 1 fully saturated rings. The molecule has 0 bridgehead atoms. The predicted octanol–water partition coefficient (Wildman–Crippen LogP) is 2.13. The minimum atomic E-state index is 0.568. The van der Waals surface area contributed by atoms with Gasteiger partial charge in [0.15, 0.2) is 0 Å². The largest absolute Gasteiger partial charge is 0.378 e. The Kier molecular flexibility index (Phi) is 1.76. The van der Waals surface area contributed by atoms with Crippen LogP contribution in [0.2, 0.25) is 0 Å². The number of hydrogen-bond acceptors (Lipinski definition) is 1. The van der Waals surface area contributed by atoms with E-state index in [-0.39, 0.29) is 0 Å². The van der Waals surface area contributed by atoms with Gasteiger partial charge in [0, 0.05) is 12.5 Å². The molecule has 0 aromatic rings. The van der Waals surface area contributed by atoms with Gasteiger partial charge in [-0.25, -0.2) is 0 Å². The Morgan fingerprint density at radius 2 is 2.30 bits per heavy atom. The van der Waals surface area contributed by atoms with E-state index in [1.165, 1.54) is 25.7 Å². The first-order valence-electron chi connectivity index (χ1n) is 4.25. The molecule has 1 heterocycles. The SMILES string of the molecule is C1=CC2CCCOC2CC1. The Labute approximate surface area is 62.1 Å². The maximum Gasteiger partial charge on any atom is 0.0640 e. The second-order valence-electron chi connectivity index (χ2n) is 3.22. The lowest BCUT2D eigenvalue weighted by Gasteiger charge is -2.31. The van der Waals surface area contributed by atoms with Crippen molar-refractivity contribution in [3.63, 3.8) is 0 Å². The fourth-order valence-electron chi connectivity index (χ4n) is 1.91. The Morgan fingerprint density at radius 1 is 1.30 bits per heavy atom. The van der Waals surface area contributed by atoms with Crippen LogP contribution in [0.25, 0.3) is 0 Å². The molecule has 0 saturated carbocycles. The molecular weight excluding hydrogens is 124 g/mol. The van der Waals surface area contributed by atoms with Crippen molar-refractivity contribution < 1.29 is 4.74 Å². The first-order valence-corrected chi connectivity index (χ1v) is 4.25. The van der Waals surface area contributed by atoms with E-state index in [2.05, 4.69) is 12.2 Å². The van der Waals surface area contributed by atoms with Crippen molar-refractivity contribution >= 4 is 0 Å². The molecule has 0 N–H and O–H groups in total. The lowest BCUT2D eigenvalue weighted by atomic mass is 9.87. The van der Waals surface area contributed by atoms with Crippen LogP contribution in [0, 0.1) is 5.92 Å². The zero-order valence-electron chi connectivity index (χ0n) is 6.25. The molecular formula is C9H14O. The Bertz CT molecular complexity index is 140. The average Bonchev–Trinajstić information content (AvgIpc) is 2.05. The zero-order valence-corrected chi connectivity index (χ0v) is 6.25. The molecule has 2 aliphatic rings. The van der Waals surface area contributed by atoms with E-state index in [1.54, 1.807) is 0 Å². The Balaban J connectivity index is 2.03. The van der Waals surface area contributed by atoms with E-state index < -0.39 is 0 Å². The van der Waals surface area contributed by atoms with Crippen LogP contribution in [-0.4, -0.2) is 12.7 Å². The molecule has 56 valence electrons. The summed E-state index contributed by atoms with van der Waals surface area (Å²) in [7, 11) is 0. The summed E-state index contributed by atoms with van der Waals surface area (Å²) in [5.41, 5.74) is 0. The van der Waals surface area contributed by atoms with Gasteiger partial charge in [0.2, 0.25) is 0 Å². The summed E-state index contributed by atoms with van der Waals surface area (Å²) in [6.45, 7) is 0.995. The molecule has 0 spiro atoms. The van der Waals surface area contributed by atoms with Gasteiger partial charge >= 0.3 is 0 Å². The highest BCUT2D eigenvalue weighted by molar-refractivity contribution is 4.98. The third-order valence-corrected chi connectivity index (χ3v) is 2.49. The summed E-state index contributed by atoms with van der Waals surface area (Å²) >= 11 is 0. The van der Waals surface area contributed by atoms with Crippen molar-refractivity contribution in [3.8, 4) is 0 Å². The third kappa shape index (κ3) is 1.10. The molecule has 0 aromatic heterocycles. The lowest BCUT2D eigenvalue weighted by Crippen LogP contribution is -2.29. The van der Waals surface area contributed by atoms with Gasteiger partial charge in [0.1, 0.15) is 0 Å². The van der Waals surface area contributed by atoms with E-state index in [9.17, 15) is 0 Å². The van der Waals surface area contributed by atoms with Crippen molar-refractivity contribution in [1.82, 2.24) is 0 Å². The fourth-order valence-corrected chi connectivity index (χ4v) is 1.91. The van der Waals surface area contributed by atoms with Gasteiger partial charge in [-0.15, -0.1) is 0 Å². The van der Waals surface area contributed by atoms with Gasteiger partial charge in [0.25, 0.3) is 0 Å². The van der Waals surface area contributed by atoms with Gasteiger partial charge in [-0.3, -0.25) is 0 Å². The van der Waals surface area contributed by atoms with E-state index in [1.807, 2.05) is 0 Å². The zero-order chi connectivity index (χ0) is 6.81. The van der Waals surface area contributed by atoms with Crippen LogP contribution in [0.5, 0.6) is 0 Å². The van der Waals surface area contributed by atoms with Crippen LogP contribution in [0.4, 0.5) is 0 Å². The molecule has 0 radical (unpaired) electrons. The van der Waals surface area contributed by atoms with Crippen LogP contribution in [0.3, 0.4) is 0 Å². The molecule has 1 aliphatic carbocycles. The van der Waals surface area contributed by atoms with E-state index in [4.69, 9.17) is 4.74 Å². The maximum atomic E-state index is 5.63. The first-order chi connectivity index (χ1) is 4.97. The molecule has 0 aromatic carbocycles. The molecule has 2 rings (SSSR count). The van der Waals surface area contributed by atoms with E-state index in [0.29, 0.717) is 6.10 Å². The summed E-state index contributed by atoms with van der Waals surface area (Å²) in [5, 5.41) is 0. The molecule has 1 aliphatic heterocycles. The molecule has 2 unspecified atom stereocenters. The topological polar surface area (TPSA) is 9.23 Å². The smallest absolute Gasteiger partial charge is 0.0640 e. The van der Waals surface area contributed by atoms with Crippen molar-refractivity contribution in [3.05, 3.63) is 12.2 Å². The molecule has 1 heteroatoms. The van der Waals surface area contributed by atoms with Gasteiger partial charge in [-0.1, -0.05) is 12.2 Å². The Hall–Kier alpha value is -0.300. The van der Waals surface area contributed by atoms with Crippen molar-refractivity contribution in [2.45, 2.75) is 31.8 Å². The third-order valence-electron chi connectivity index (χ3n) is 2.49. The van der Waals surface area contributed by atoms with Crippen molar-refractivity contribution in [2.24, 2.45) is 5.92 Å². The predicted molar refractivity (Wildman–Crippen MR) is 40.8 cm³/mol. The number of rotatable bonds is 0. The summed E-state index contributed by atoms with van der Waals surface area (Å²) in [6.07, 6.45) is 10.3. The molecule has 1 nitrogen and oxygen atoms in total. The first kappa shape index (κ1) is 6.41. The summed E-state index contributed by atoms with van der Waals surface area (Å²) in [4.78, 5) is 0. The number of hydrogen-bond donors (Lipinski definition) is 0. The minimum Gasteiger partial charge on any atom is -0.378 e. The monoisotopic (exact) mass is 138 g/mol. The molecule has 2 atom stereocenters. The van der Waals surface area contributed by atoms with Gasteiger partial charge in [-0.05, 0) is 25.7 Å². The summed E-state index contributed by atoms with van der Waals surface area (Å²) in [5.74, 6) is 0.752. The number of allylic oxidation sites excluding steroid dienone is 1. The second kappa shape index (κ2) is 2.75. The van der Waals surface area contributed by atoms with E-state index in [0.717, 1.165) is 12.5 Å². The van der Waals surface area contributed by atoms with Gasteiger partial charge in [-0.2, -0.15) is 0 Å². The van der Waals surface area contributed by atoms with Gasteiger partial charge < -0.3 is 4.74 Å². The van der Waals surface area contributed by atoms with E-state index >= 15 is 0 Å². The van der Waals surface area contributed by atoms with Crippen LogP contribution in [0.1, 0.15) is 25.7 Å². The highest BCUT2D eigenvalue weighted by Crippen LogP contribution is 2.28. The standard InChI is InChI=1S/C9H14O/c1-2-6-9-8(4-1)5-3-7-10-9/h1,4,8-9H,2-3,5-7H2. The van der Waals surface area contributed by atoms with Crippen LogP contribution in [-0.2, 0) is 4.74 Å². The normalized spacial score (nSPS) is 39.2. The number of ether oxygens (including phenoxy) is 1. The van der Waals surface area contributed by atoms with Crippen LogP contribution >= 0.6 is 0 Å².